The molecule has 0 bridgehead atoms. The second kappa shape index (κ2) is 20.8. The summed E-state index contributed by atoms with van der Waals surface area (Å²) in [6.45, 7) is 13.0. The number of benzene rings is 2. The Kier molecular flexibility index (Phi) is 14.8. The average molecular weight is 968 g/mol. The first-order valence-corrected chi connectivity index (χ1v) is 24.5. The number of thiophene rings is 1. The molecule has 66 heavy (non-hydrogen) atoms. The standard InChI is InChI=1S/C47H52Cl2N12O3S2/c1-27-12-11-13-34(49)42(27)56-45(64)36-26-51-47(66-36)55-37-25-38(53-30(4)52-37)59-20-22-60(23-21-59)40(63)14-9-7-6-8-10-19-50-39(62)24-35-44-58-57-31(5)61(44)46-41(28(2)29(3)65-46)43(54-35)32-15-17-33(48)18-16-32/h11-13,15-18,25-26,35H,6-10,14,19-24H2,1-5H3,(H,50,62)(H,56,64)(H,51,52,53,55)/t35-/m0/s1. The van der Waals surface area contributed by atoms with Gasteiger partial charge in [-0.25, -0.2) is 15.0 Å². The Bertz CT molecular complexity index is 2760. The summed E-state index contributed by atoms with van der Waals surface area (Å²) in [5, 5.41) is 20.8. The van der Waals surface area contributed by atoms with E-state index in [1.54, 1.807) is 17.4 Å². The molecule has 1 atom stereocenters. The van der Waals surface area contributed by atoms with Crippen LogP contribution in [0.5, 0.6) is 0 Å². The Hall–Kier alpha value is -5.75. The third-order valence-electron chi connectivity index (χ3n) is 11.8. The quantitative estimate of drug-likeness (QED) is 0.0793. The van der Waals surface area contributed by atoms with Crippen molar-refractivity contribution in [2.24, 2.45) is 4.99 Å². The molecule has 6 aromatic rings. The summed E-state index contributed by atoms with van der Waals surface area (Å²) < 4.78 is 2.06. The highest BCUT2D eigenvalue weighted by Crippen LogP contribution is 2.40. The van der Waals surface area contributed by atoms with Crippen LogP contribution in [0.25, 0.3) is 5.00 Å². The molecule has 3 amide bonds. The minimum atomic E-state index is -0.512. The number of rotatable bonds is 16. The third-order valence-corrected chi connectivity index (χ3v) is 14.5. The highest BCUT2D eigenvalue weighted by molar-refractivity contribution is 7.17. The van der Waals surface area contributed by atoms with E-state index in [0.29, 0.717) is 82.4 Å². The monoisotopic (exact) mass is 966 g/mol. The van der Waals surface area contributed by atoms with Crippen LogP contribution in [0.3, 0.4) is 0 Å². The van der Waals surface area contributed by atoms with Gasteiger partial charge in [0.25, 0.3) is 5.91 Å². The maximum absolute atomic E-state index is 13.4. The van der Waals surface area contributed by atoms with Crippen LogP contribution < -0.4 is 20.9 Å². The van der Waals surface area contributed by atoms with Gasteiger partial charge < -0.3 is 25.8 Å². The van der Waals surface area contributed by atoms with Crippen molar-refractivity contribution < 1.29 is 14.4 Å². The second-order valence-electron chi connectivity index (χ2n) is 16.5. The molecule has 4 aromatic heterocycles. The van der Waals surface area contributed by atoms with Crippen molar-refractivity contribution in [3.05, 3.63) is 114 Å². The topological polar surface area (TPSA) is 176 Å². The highest BCUT2D eigenvalue weighted by Gasteiger charge is 2.32. The number of amides is 3. The molecule has 1 saturated heterocycles. The fourth-order valence-electron chi connectivity index (χ4n) is 8.17. The van der Waals surface area contributed by atoms with Crippen molar-refractivity contribution in [1.82, 2.24) is 39.9 Å². The number of aliphatic imine (C=N–C) groups is 1. The zero-order valence-corrected chi connectivity index (χ0v) is 40.7. The summed E-state index contributed by atoms with van der Waals surface area (Å²) in [6, 6.07) is 14.5. The number of anilines is 4. The Morgan fingerprint density at radius 1 is 0.864 bits per heavy atom. The van der Waals surface area contributed by atoms with Crippen LogP contribution in [-0.4, -0.2) is 90.8 Å². The summed E-state index contributed by atoms with van der Waals surface area (Å²) in [7, 11) is 0. The van der Waals surface area contributed by atoms with E-state index in [1.165, 1.54) is 22.4 Å². The molecule has 15 nitrogen and oxygen atoms in total. The van der Waals surface area contributed by atoms with Gasteiger partial charge in [0.15, 0.2) is 11.0 Å². The number of carbonyl (C=O) groups is 3. The molecule has 2 aliphatic heterocycles. The molecule has 344 valence electrons. The van der Waals surface area contributed by atoms with Gasteiger partial charge in [0.1, 0.15) is 39.2 Å². The Morgan fingerprint density at radius 2 is 1.62 bits per heavy atom. The molecule has 1 fully saturated rings. The molecule has 6 heterocycles. The first-order valence-electron chi connectivity index (χ1n) is 22.1. The molecule has 0 aliphatic carbocycles. The van der Waals surface area contributed by atoms with Gasteiger partial charge in [-0.05, 0) is 76.8 Å². The number of fused-ring (bicyclic) bond motifs is 3. The van der Waals surface area contributed by atoms with Crippen molar-refractivity contribution in [3.8, 4) is 5.00 Å². The van der Waals surface area contributed by atoms with Crippen LogP contribution in [0, 0.1) is 34.6 Å². The van der Waals surface area contributed by atoms with Crippen LogP contribution in [0.1, 0.15) is 105 Å². The summed E-state index contributed by atoms with van der Waals surface area (Å²) in [5.74, 6) is 3.13. The van der Waals surface area contributed by atoms with E-state index in [-0.39, 0.29) is 24.1 Å². The minimum absolute atomic E-state index is 0.0832. The van der Waals surface area contributed by atoms with Crippen molar-refractivity contribution in [2.45, 2.75) is 85.6 Å². The van der Waals surface area contributed by atoms with Crippen molar-refractivity contribution in [1.29, 1.82) is 0 Å². The highest BCUT2D eigenvalue weighted by atomic mass is 35.5. The molecule has 3 N–H and O–H groups in total. The van der Waals surface area contributed by atoms with E-state index < -0.39 is 6.04 Å². The van der Waals surface area contributed by atoms with Gasteiger partial charge in [0.2, 0.25) is 11.8 Å². The lowest BCUT2D eigenvalue weighted by atomic mass is 9.99. The maximum Gasteiger partial charge on any atom is 0.267 e. The Balaban J connectivity index is 0.749. The minimum Gasteiger partial charge on any atom is -0.356 e. The average Bonchev–Trinajstić information content (AvgIpc) is 3.98. The number of nitrogens with zero attached hydrogens (tertiary/aromatic N) is 9. The van der Waals surface area contributed by atoms with Gasteiger partial charge >= 0.3 is 0 Å². The summed E-state index contributed by atoms with van der Waals surface area (Å²) in [6.07, 6.45) is 6.75. The van der Waals surface area contributed by atoms with Crippen LogP contribution in [0.15, 0.2) is 59.7 Å². The number of thiazole rings is 1. The van der Waals surface area contributed by atoms with Gasteiger partial charge in [-0.3, -0.25) is 23.9 Å². The molecule has 0 saturated carbocycles. The number of carbonyl (C=O) groups excluding carboxylic acids is 3. The van der Waals surface area contributed by atoms with Crippen molar-refractivity contribution >= 4 is 91.8 Å². The number of hydrogen-bond donors (Lipinski definition) is 3. The van der Waals surface area contributed by atoms with E-state index in [9.17, 15) is 14.4 Å². The fraction of sp³-hybridized carbons (Fsp3) is 0.383. The molecule has 8 rings (SSSR count). The zero-order valence-electron chi connectivity index (χ0n) is 37.6. The molecule has 2 aliphatic rings. The maximum atomic E-state index is 13.4. The van der Waals surface area contributed by atoms with Crippen LogP contribution in [0.4, 0.5) is 22.5 Å². The Morgan fingerprint density at radius 3 is 2.39 bits per heavy atom. The Labute approximate surface area is 402 Å². The van der Waals surface area contributed by atoms with Gasteiger partial charge in [-0.15, -0.1) is 21.5 Å². The van der Waals surface area contributed by atoms with E-state index in [0.717, 1.165) is 76.7 Å². The molecule has 0 spiro atoms. The molecule has 0 unspecified atom stereocenters. The number of para-hydroxylation sites is 1. The van der Waals surface area contributed by atoms with Gasteiger partial charge in [-0.1, -0.05) is 78.1 Å². The summed E-state index contributed by atoms with van der Waals surface area (Å²) >= 11 is 15.5. The zero-order chi connectivity index (χ0) is 46.5. The number of nitrogens with one attached hydrogen (secondary N) is 3. The smallest absolute Gasteiger partial charge is 0.267 e. The lowest BCUT2D eigenvalue weighted by Crippen LogP contribution is -2.49. The first kappa shape index (κ1) is 46.8. The predicted octanol–water partition coefficient (Wildman–Crippen LogP) is 9.51. The number of aromatic nitrogens is 6. The SMILES string of the molecule is Cc1nc(Nc2ncc(C(=O)Nc3c(C)cccc3Cl)s2)cc(N2CCN(C(=O)CCCCCCCNC(=O)C[C@@H]3N=C(c4ccc(Cl)cc4)c4c(sc(C)c4C)-n4c(C)nnc43)CC2)n1. The van der Waals surface area contributed by atoms with E-state index >= 15 is 0 Å². The first-order chi connectivity index (χ1) is 31.8. The molecule has 2 aromatic carbocycles. The normalized spacial score (nSPS) is 14.6. The number of aryl methyl sites for hydroxylation is 4. The van der Waals surface area contributed by atoms with Crippen molar-refractivity contribution in [2.75, 3.05) is 48.3 Å². The van der Waals surface area contributed by atoms with E-state index in [4.69, 9.17) is 28.2 Å². The second-order valence-corrected chi connectivity index (χ2v) is 19.6. The lowest BCUT2D eigenvalue weighted by Gasteiger charge is -2.35. The molecule has 0 radical (unpaired) electrons. The van der Waals surface area contributed by atoms with E-state index in [2.05, 4.69) is 64.4 Å². The summed E-state index contributed by atoms with van der Waals surface area (Å²) in [5.41, 5.74) is 5.39. The predicted molar refractivity (Wildman–Crippen MR) is 264 cm³/mol. The third kappa shape index (κ3) is 10.8. The number of hydrogen-bond acceptors (Lipinski definition) is 13. The van der Waals surface area contributed by atoms with Crippen molar-refractivity contribution in [3.63, 3.8) is 0 Å². The van der Waals surface area contributed by atoms with Gasteiger partial charge in [0.05, 0.1) is 29.0 Å². The molecule has 19 heteroatoms. The van der Waals surface area contributed by atoms with E-state index in [1.807, 2.05) is 68.1 Å². The van der Waals surface area contributed by atoms with Gasteiger partial charge in [-0.2, -0.15) is 0 Å². The lowest BCUT2D eigenvalue weighted by molar-refractivity contribution is -0.131. The largest absolute Gasteiger partial charge is 0.356 e. The molecular formula is C47H52Cl2N12O3S2. The fourth-order valence-corrected chi connectivity index (χ4v) is 10.5. The summed E-state index contributed by atoms with van der Waals surface area (Å²) in [4.78, 5) is 64.0. The van der Waals surface area contributed by atoms with Crippen LogP contribution in [0.2, 0.25) is 10.0 Å². The van der Waals surface area contributed by atoms with Gasteiger partial charge in [0, 0.05) is 66.2 Å². The van der Waals surface area contributed by atoms with Crippen LogP contribution >= 0.6 is 45.9 Å². The molecular weight excluding hydrogens is 916 g/mol. The number of unbranched alkanes of at least 4 members (excludes halogenated alkanes) is 4. The van der Waals surface area contributed by atoms with Crippen LogP contribution in [-0.2, 0) is 9.59 Å². The number of piperazine rings is 1. The number of halogens is 2.